The number of piperidine rings is 1. The highest BCUT2D eigenvalue weighted by Gasteiger charge is 2.37. The minimum atomic E-state index is -0.414. The van der Waals surface area contributed by atoms with Gasteiger partial charge in [-0.15, -0.1) is 0 Å². The fourth-order valence-electron chi connectivity index (χ4n) is 2.43. The summed E-state index contributed by atoms with van der Waals surface area (Å²) in [4.78, 5) is 13.9. The van der Waals surface area contributed by atoms with Gasteiger partial charge in [0.2, 0.25) is 0 Å². The van der Waals surface area contributed by atoms with E-state index in [0.717, 1.165) is 24.8 Å². The molecule has 100 valence electrons. The van der Waals surface area contributed by atoms with E-state index in [-0.39, 0.29) is 11.5 Å². The van der Waals surface area contributed by atoms with Gasteiger partial charge in [-0.3, -0.25) is 0 Å². The number of hydrogen-bond donors (Lipinski definition) is 0. The van der Waals surface area contributed by atoms with E-state index in [1.165, 1.54) is 0 Å². The molecule has 0 bridgehead atoms. The third kappa shape index (κ3) is 4.49. The predicted molar refractivity (Wildman–Crippen MR) is 73.5 cm³/mol. The van der Waals surface area contributed by atoms with Crippen LogP contribution < -0.4 is 0 Å². The molecular weight excluding hydrogens is 282 g/mol. The smallest absolute Gasteiger partial charge is 0.410 e. The van der Waals surface area contributed by atoms with E-state index < -0.39 is 5.60 Å². The number of amides is 1. The van der Waals surface area contributed by atoms with Crippen molar-refractivity contribution < 1.29 is 9.53 Å². The van der Waals surface area contributed by atoms with Crippen molar-refractivity contribution >= 4 is 22.0 Å². The lowest BCUT2D eigenvalue weighted by molar-refractivity contribution is 0.00163. The van der Waals surface area contributed by atoms with E-state index >= 15 is 0 Å². The molecule has 17 heavy (non-hydrogen) atoms. The number of hydrogen-bond acceptors (Lipinski definition) is 2. The van der Waals surface area contributed by atoms with Crippen LogP contribution in [-0.4, -0.2) is 35.0 Å². The van der Waals surface area contributed by atoms with Crippen molar-refractivity contribution in [1.29, 1.82) is 0 Å². The summed E-state index contributed by atoms with van der Waals surface area (Å²) in [5.74, 6) is 0.527. The summed E-state index contributed by atoms with van der Waals surface area (Å²) in [5, 5.41) is 0.920. The van der Waals surface area contributed by atoms with Gasteiger partial charge in [0.15, 0.2) is 0 Å². The Bertz CT molecular complexity index is 288. The first kappa shape index (κ1) is 14.8. The van der Waals surface area contributed by atoms with Crippen molar-refractivity contribution in [2.45, 2.75) is 46.6 Å². The van der Waals surface area contributed by atoms with Gasteiger partial charge < -0.3 is 9.64 Å². The standard InChI is InChI=1S/C13H24BrNO2/c1-10-6-13(5,8-14)9-15(7-10)11(16)17-12(2,3)4/h10H,6-9H2,1-5H3. The maximum absolute atomic E-state index is 12.1. The highest BCUT2D eigenvalue weighted by Crippen LogP contribution is 2.34. The quantitative estimate of drug-likeness (QED) is 0.692. The zero-order valence-corrected chi connectivity index (χ0v) is 13.1. The summed E-state index contributed by atoms with van der Waals surface area (Å²) in [5.41, 5.74) is -0.253. The average molecular weight is 306 g/mol. The van der Waals surface area contributed by atoms with Crippen molar-refractivity contribution in [1.82, 2.24) is 4.90 Å². The molecular formula is C13H24BrNO2. The number of ether oxygens (including phenoxy) is 1. The van der Waals surface area contributed by atoms with Gasteiger partial charge in [0.05, 0.1) is 0 Å². The van der Waals surface area contributed by atoms with Crippen molar-refractivity contribution in [2.75, 3.05) is 18.4 Å². The molecule has 0 aromatic heterocycles. The van der Waals surface area contributed by atoms with Crippen LogP contribution in [0.4, 0.5) is 4.79 Å². The summed E-state index contributed by atoms with van der Waals surface area (Å²) in [6.07, 6.45) is 0.966. The Kier molecular flexibility index (Phi) is 4.50. The van der Waals surface area contributed by atoms with Crippen LogP contribution in [-0.2, 0) is 4.74 Å². The summed E-state index contributed by atoms with van der Waals surface area (Å²) in [6, 6.07) is 0. The van der Waals surface area contributed by atoms with E-state index in [1.807, 2.05) is 25.7 Å². The molecule has 0 radical (unpaired) electrons. The van der Waals surface area contributed by atoms with Crippen molar-refractivity contribution in [3.8, 4) is 0 Å². The summed E-state index contributed by atoms with van der Waals surface area (Å²) in [7, 11) is 0. The van der Waals surface area contributed by atoms with Crippen LogP contribution >= 0.6 is 15.9 Å². The molecule has 1 fully saturated rings. The SMILES string of the molecule is CC1CN(C(=O)OC(C)(C)C)CC(C)(CBr)C1. The lowest BCUT2D eigenvalue weighted by atomic mass is 9.79. The summed E-state index contributed by atoms with van der Waals surface area (Å²) < 4.78 is 5.44. The molecule has 0 aliphatic carbocycles. The van der Waals surface area contributed by atoms with Crippen molar-refractivity contribution in [3.63, 3.8) is 0 Å². The first-order chi connectivity index (χ1) is 7.65. The first-order valence-corrected chi connectivity index (χ1v) is 7.31. The fraction of sp³-hybridized carbons (Fsp3) is 0.923. The second-order valence-electron chi connectivity index (χ2n) is 6.61. The zero-order chi connectivity index (χ0) is 13.3. The molecule has 1 saturated heterocycles. The highest BCUT2D eigenvalue weighted by molar-refractivity contribution is 9.09. The Hall–Kier alpha value is -0.250. The van der Waals surface area contributed by atoms with E-state index in [4.69, 9.17) is 4.74 Å². The molecule has 0 N–H and O–H groups in total. The average Bonchev–Trinajstić information content (AvgIpc) is 2.14. The van der Waals surface area contributed by atoms with Crippen molar-refractivity contribution in [3.05, 3.63) is 0 Å². The number of nitrogens with zero attached hydrogens (tertiary/aromatic N) is 1. The monoisotopic (exact) mass is 305 g/mol. The fourth-order valence-corrected chi connectivity index (χ4v) is 2.84. The molecule has 4 heteroatoms. The predicted octanol–water partition coefficient (Wildman–Crippen LogP) is 3.66. The minimum Gasteiger partial charge on any atom is -0.444 e. The number of rotatable bonds is 1. The number of halogens is 1. The van der Waals surface area contributed by atoms with E-state index in [1.54, 1.807) is 0 Å². The second-order valence-corrected chi connectivity index (χ2v) is 7.18. The number of likely N-dealkylation sites (tertiary alicyclic amines) is 1. The molecule has 2 atom stereocenters. The third-order valence-corrected chi connectivity index (χ3v) is 4.27. The molecule has 1 amide bonds. The van der Waals surface area contributed by atoms with Crippen LogP contribution in [0.1, 0.15) is 41.0 Å². The van der Waals surface area contributed by atoms with Gasteiger partial charge in [0, 0.05) is 18.4 Å². The van der Waals surface area contributed by atoms with Crippen molar-refractivity contribution in [2.24, 2.45) is 11.3 Å². The topological polar surface area (TPSA) is 29.5 Å². The maximum atomic E-state index is 12.1. The molecule has 0 aromatic rings. The first-order valence-electron chi connectivity index (χ1n) is 6.19. The van der Waals surface area contributed by atoms with Gasteiger partial charge >= 0.3 is 6.09 Å². The maximum Gasteiger partial charge on any atom is 0.410 e. The Labute approximate surface area is 113 Å². The molecule has 0 aromatic carbocycles. The lowest BCUT2D eigenvalue weighted by Gasteiger charge is -2.42. The molecule has 0 spiro atoms. The molecule has 0 saturated carbocycles. The molecule has 1 rings (SSSR count). The number of carbonyl (C=O) groups excluding carboxylic acids is 1. The Morgan fingerprint density at radius 1 is 1.53 bits per heavy atom. The zero-order valence-electron chi connectivity index (χ0n) is 11.5. The Morgan fingerprint density at radius 2 is 2.12 bits per heavy atom. The van der Waals surface area contributed by atoms with E-state index in [0.29, 0.717) is 5.92 Å². The minimum absolute atomic E-state index is 0.161. The van der Waals surface area contributed by atoms with Crippen LogP contribution in [0.2, 0.25) is 0 Å². The molecule has 1 aliphatic rings. The van der Waals surface area contributed by atoms with Crippen LogP contribution in [0.25, 0.3) is 0 Å². The molecule has 2 unspecified atom stereocenters. The van der Waals surface area contributed by atoms with Crippen LogP contribution in [0.5, 0.6) is 0 Å². The number of alkyl halides is 1. The van der Waals surface area contributed by atoms with Gasteiger partial charge in [-0.05, 0) is 38.5 Å². The Balaban J connectivity index is 2.68. The van der Waals surface area contributed by atoms with Gasteiger partial charge in [0.25, 0.3) is 0 Å². The summed E-state index contributed by atoms with van der Waals surface area (Å²) in [6.45, 7) is 11.7. The van der Waals surface area contributed by atoms with E-state index in [9.17, 15) is 4.79 Å². The molecule has 3 nitrogen and oxygen atoms in total. The Morgan fingerprint density at radius 3 is 2.59 bits per heavy atom. The highest BCUT2D eigenvalue weighted by atomic mass is 79.9. The van der Waals surface area contributed by atoms with Gasteiger partial charge in [0.1, 0.15) is 5.60 Å². The molecule has 1 heterocycles. The second kappa shape index (κ2) is 5.17. The third-order valence-electron chi connectivity index (χ3n) is 2.92. The summed E-state index contributed by atoms with van der Waals surface area (Å²) >= 11 is 3.55. The van der Waals surface area contributed by atoms with Crippen LogP contribution in [0, 0.1) is 11.3 Å². The van der Waals surface area contributed by atoms with E-state index in [2.05, 4.69) is 29.8 Å². The van der Waals surface area contributed by atoms with Crippen LogP contribution in [0.3, 0.4) is 0 Å². The van der Waals surface area contributed by atoms with Gasteiger partial charge in [-0.1, -0.05) is 29.8 Å². The normalized spacial score (nSPS) is 30.2. The largest absolute Gasteiger partial charge is 0.444 e. The van der Waals surface area contributed by atoms with Crippen LogP contribution in [0.15, 0.2) is 0 Å². The van der Waals surface area contributed by atoms with Gasteiger partial charge in [-0.2, -0.15) is 0 Å². The number of carbonyl (C=O) groups is 1. The van der Waals surface area contributed by atoms with Gasteiger partial charge in [-0.25, -0.2) is 4.79 Å². The lowest BCUT2D eigenvalue weighted by Crippen LogP contribution is -2.50. The molecule has 1 aliphatic heterocycles.